The molecule has 2 aromatic heterocycles. The number of hydrogen-bond acceptors (Lipinski definition) is 5. The summed E-state index contributed by atoms with van der Waals surface area (Å²) in [6, 6.07) is 28.5. The van der Waals surface area contributed by atoms with E-state index in [-0.39, 0.29) is 5.91 Å². The smallest absolute Gasteiger partial charge is 0.252 e. The number of anilines is 2. The third-order valence-electron chi connectivity index (χ3n) is 6.03. The summed E-state index contributed by atoms with van der Waals surface area (Å²) in [5, 5.41) is 7.36. The molecule has 2 heterocycles. The van der Waals surface area contributed by atoms with Gasteiger partial charge in [-0.3, -0.25) is 9.78 Å². The van der Waals surface area contributed by atoms with Gasteiger partial charge in [-0.1, -0.05) is 48.5 Å². The fourth-order valence-corrected chi connectivity index (χ4v) is 4.16. The Morgan fingerprint density at radius 3 is 2.56 bits per heavy atom. The summed E-state index contributed by atoms with van der Waals surface area (Å²) in [5.41, 5.74) is 6.04. The molecule has 0 aliphatic rings. The summed E-state index contributed by atoms with van der Waals surface area (Å²) >= 11 is 0. The summed E-state index contributed by atoms with van der Waals surface area (Å²) in [6.07, 6.45) is 7.70. The number of aromatic nitrogens is 3. The molecule has 0 unspecified atom stereocenters. The van der Waals surface area contributed by atoms with E-state index in [1.54, 1.807) is 30.9 Å². The van der Waals surface area contributed by atoms with E-state index in [4.69, 9.17) is 0 Å². The summed E-state index contributed by atoms with van der Waals surface area (Å²) in [7, 11) is 0. The molecule has 6 heteroatoms. The minimum atomic E-state index is -0.0773. The first-order valence-corrected chi connectivity index (χ1v) is 12.1. The van der Waals surface area contributed by atoms with Gasteiger partial charge in [-0.2, -0.15) is 0 Å². The van der Waals surface area contributed by atoms with Crippen LogP contribution in [-0.2, 0) is 6.42 Å². The molecule has 6 nitrogen and oxygen atoms in total. The molecule has 1 amide bonds. The van der Waals surface area contributed by atoms with Crippen LogP contribution in [0.3, 0.4) is 0 Å². The van der Waals surface area contributed by atoms with Gasteiger partial charge in [0.25, 0.3) is 5.91 Å². The van der Waals surface area contributed by atoms with Crippen molar-refractivity contribution in [2.45, 2.75) is 19.3 Å². The van der Waals surface area contributed by atoms with Gasteiger partial charge in [-0.05, 0) is 72.4 Å². The van der Waals surface area contributed by atoms with Gasteiger partial charge in [0, 0.05) is 30.0 Å². The number of unbranched alkanes of at least 4 members (excludes halogenated alkanes) is 1. The Kier molecular flexibility index (Phi) is 7.23. The van der Waals surface area contributed by atoms with Crippen LogP contribution in [0, 0.1) is 0 Å². The van der Waals surface area contributed by atoms with Crippen molar-refractivity contribution in [1.29, 1.82) is 0 Å². The van der Waals surface area contributed by atoms with Crippen LogP contribution in [0.2, 0.25) is 0 Å². The molecule has 0 atom stereocenters. The maximum Gasteiger partial charge on any atom is 0.252 e. The Morgan fingerprint density at radius 1 is 0.806 bits per heavy atom. The maximum atomic E-state index is 12.1. The van der Waals surface area contributed by atoms with Gasteiger partial charge in [-0.15, -0.1) is 0 Å². The van der Waals surface area contributed by atoms with Crippen LogP contribution in [0.15, 0.2) is 104 Å². The van der Waals surface area contributed by atoms with E-state index < -0.39 is 0 Å². The van der Waals surface area contributed by atoms with E-state index in [2.05, 4.69) is 62.0 Å². The van der Waals surface area contributed by atoms with Crippen LogP contribution >= 0.6 is 0 Å². The van der Waals surface area contributed by atoms with Gasteiger partial charge >= 0.3 is 0 Å². The van der Waals surface area contributed by atoms with Gasteiger partial charge in [0.2, 0.25) is 0 Å². The van der Waals surface area contributed by atoms with E-state index in [0.717, 1.165) is 52.8 Å². The lowest BCUT2D eigenvalue weighted by atomic mass is 9.99. The number of nitrogens with one attached hydrogen (secondary N) is 2. The highest BCUT2D eigenvalue weighted by Gasteiger charge is 2.08. The van der Waals surface area contributed by atoms with Gasteiger partial charge in [0.15, 0.2) is 0 Å². The second-order valence-electron chi connectivity index (χ2n) is 8.60. The highest BCUT2D eigenvalue weighted by molar-refractivity contribution is 5.94. The van der Waals surface area contributed by atoms with E-state index in [0.29, 0.717) is 12.1 Å². The van der Waals surface area contributed by atoms with Crippen LogP contribution in [-0.4, -0.2) is 27.4 Å². The second-order valence-corrected chi connectivity index (χ2v) is 8.60. The minimum absolute atomic E-state index is 0.0773. The van der Waals surface area contributed by atoms with Crippen LogP contribution in [0.5, 0.6) is 0 Å². The Hall–Kier alpha value is -4.58. The summed E-state index contributed by atoms with van der Waals surface area (Å²) < 4.78 is 0. The van der Waals surface area contributed by atoms with Crippen molar-refractivity contribution in [3.05, 3.63) is 115 Å². The number of nitrogens with zero attached hydrogens (tertiary/aromatic N) is 3. The highest BCUT2D eigenvalue weighted by atomic mass is 16.1. The molecular weight excluding hydrogens is 446 g/mol. The molecular formula is C30H27N5O. The Morgan fingerprint density at radius 2 is 1.69 bits per heavy atom. The number of carbonyl (C=O) groups is 1. The third kappa shape index (κ3) is 5.73. The number of rotatable bonds is 9. The predicted octanol–water partition coefficient (Wildman–Crippen LogP) is 6.19. The molecule has 0 saturated carbocycles. The van der Waals surface area contributed by atoms with Gasteiger partial charge in [0.05, 0.1) is 11.1 Å². The topological polar surface area (TPSA) is 79.8 Å². The van der Waals surface area contributed by atoms with Crippen molar-refractivity contribution in [2.24, 2.45) is 0 Å². The van der Waals surface area contributed by atoms with Crippen LogP contribution in [0.1, 0.15) is 28.8 Å². The molecule has 36 heavy (non-hydrogen) atoms. The molecule has 178 valence electrons. The first-order chi connectivity index (χ1) is 17.8. The van der Waals surface area contributed by atoms with E-state index >= 15 is 0 Å². The van der Waals surface area contributed by atoms with Crippen molar-refractivity contribution in [3.63, 3.8) is 0 Å². The normalized spacial score (nSPS) is 10.8. The molecule has 5 rings (SSSR count). The van der Waals surface area contributed by atoms with Gasteiger partial charge < -0.3 is 10.6 Å². The quantitative estimate of drug-likeness (QED) is 0.250. The van der Waals surface area contributed by atoms with E-state index in [1.807, 2.05) is 36.4 Å². The van der Waals surface area contributed by atoms with E-state index in [1.165, 1.54) is 5.56 Å². The predicted molar refractivity (Wildman–Crippen MR) is 144 cm³/mol. The maximum absolute atomic E-state index is 12.1. The summed E-state index contributed by atoms with van der Waals surface area (Å²) in [5.74, 6) is 0.712. The fourth-order valence-electron chi connectivity index (χ4n) is 4.16. The van der Waals surface area contributed by atoms with Crippen molar-refractivity contribution in [1.82, 2.24) is 20.3 Å². The number of aryl methyl sites for hydroxylation is 1. The summed E-state index contributed by atoms with van der Waals surface area (Å²) in [6.45, 7) is 0.648. The fraction of sp³-hybridized carbons (Fsp3) is 0.133. The Labute approximate surface area is 210 Å². The molecule has 0 fully saturated rings. The molecule has 0 saturated heterocycles. The number of pyridine rings is 1. The zero-order valence-corrected chi connectivity index (χ0v) is 19.9. The van der Waals surface area contributed by atoms with Crippen molar-refractivity contribution in [2.75, 3.05) is 11.9 Å². The zero-order chi connectivity index (χ0) is 24.6. The van der Waals surface area contributed by atoms with Crippen LogP contribution in [0.25, 0.3) is 22.0 Å². The number of benzene rings is 3. The first-order valence-electron chi connectivity index (χ1n) is 12.1. The molecule has 0 aliphatic heterocycles. The zero-order valence-electron chi connectivity index (χ0n) is 19.9. The van der Waals surface area contributed by atoms with Gasteiger partial charge in [-0.25, -0.2) is 9.97 Å². The molecule has 3 aromatic carbocycles. The van der Waals surface area contributed by atoms with E-state index in [9.17, 15) is 4.79 Å². The van der Waals surface area contributed by atoms with Gasteiger partial charge in [0.1, 0.15) is 12.1 Å². The Balaban J connectivity index is 1.23. The second kappa shape index (κ2) is 11.2. The Bertz CT molecular complexity index is 1450. The van der Waals surface area contributed by atoms with Crippen molar-refractivity contribution >= 4 is 28.3 Å². The lowest BCUT2D eigenvalue weighted by Gasteiger charge is -2.11. The number of amides is 1. The third-order valence-corrected chi connectivity index (χ3v) is 6.03. The highest BCUT2D eigenvalue weighted by Crippen LogP contribution is 2.29. The number of carbonyl (C=O) groups excluding carboxylic acids is 1. The lowest BCUT2D eigenvalue weighted by Crippen LogP contribution is -2.24. The minimum Gasteiger partial charge on any atom is -0.352 e. The van der Waals surface area contributed by atoms with Crippen molar-refractivity contribution < 1.29 is 4.79 Å². The number of fused-ring (bicyclic) bond motifs is 1. The largest absolute Gasteiger partial charge is 0.352 e. The van der Waals surface area contributed by atoms with Crippen molar-refractivity contribution in [3.8, 4) is 11.1 Å². The molecule has 0 spiro atoms. The van der Waals surface area contributed by atoms with Crippen LogP contribution < -0.4 is 10.6 Å². The van der Waals surface area contributed by atoms with Crippen LogP contribution in [0.4, 0.5) is 11.5 Å². The SMILES string of the molecule is O=C(NCCCCc1cccc(-c2ccc3ncnc(Nc4ccccc4)c3c2)c1)c1cccnc1. The molecule has 0 radical (unpaired) electrons. The average Bonchev–Trinajstić information content (AvgIpc) is 2.94. The first kappa shape index (κ1) is 23.2. The molecule has 5 aromatic rings. The molecule has 0 aliphatic carbocycles. The summed E-state index contributed by atoms with van der Waals surface area (Å²) in [4.78, 5) is 25.1. The lowest BCUT2D eigenvalue weighted by molar-refractivity contribution is 0.0952. The average molecular weight is 474 g/mol. The number of hydrogen-bond donors (Lipinski definition) is 2. The monoisotopic (exact) mass is 473 g/mol. The molecule has 2 N–H and O–H groups in total. The molecule has 0 bridgehead atoms. The standard InChI is InChI=1S/C30H27N5O/c36-30(25-11-7-16-31-20-25)32-17-5-4-8-22-9-6-10-23(18-22)24-14-15-28-27(19-24)29(34-21-33-28)35-26-12-2-1-3-13-26/h1-3,6-7,9-16,18-21H,4-5,8,17H2,(H,32,36)(H,33,34,35). The number of para-hydroxylation sites is 1.